The van der Waals surface area contributed by atoms with Crippen LogP contribution in [0.3, 0.4) is 0 Å². The summed E-state index contributed by atoms with van der Waals surface area (Å²) in [7, 11) is -3.90. The number of carbonyl (C=O) groups excluding carboxylic acids is 2. The first-order valence-electron chi connectivity index (χ1n) is 9.88. The molecule has 164 valence electrons. The average molecular weight is 447 g/mol. The number of para-hydroxylation sites is 1. The second kappa shape index (κ2) is 8.27. The van der Waals surface area contributed by atoms with Crippen molar-refractivity contribution >= 4 is 33.2 Å². The van der Waals surface area contributed by atoms with E-state index in [0.29, 0.717) is 24.1 Å². The predicted octanol–water partition coefficient (Wildman–Crippen LogP) is 2.50. The van der Waals surface area contributed by atoms with Crippen molar-refractivity contribution < 1.29 is 27.1 Å². The minimum absolute atomic E-state index is 0.00324. The Morgan fingerprint density at radius 3 is 2.84 bits per heavy atom. The molecule has 0 aliphatic carbocycles. The number of rotatable bonds is 4. The molecule has 2 aromatic rings. The van der Waals surface area contributed by atoms with Crippen molar-refractivity contribution in [2.24, 2.45) is 5.92 Å². The number of carbonyl (C=O) groups is 2. The lowest BCUT2D eigenvalue weighted by molar-refractivity contribution is -0.121. The Labute approximate surface area is 179 Å². The van der Waals surface area contributed by atoms with Crippen molar-refractivity contribution in [2.45, 2.75) is 24.7 Å². The number of fused-ring (bicyclic) bond motifs is 1. The smallest absolute Gasteiger partial charge is 0.262 e. The van der Waals surface area contributed by atoms with Crippen LogP contribution in [-0.4, -0.2) is 44.2 Å². The molecule has 0 radical (unpaired) electrons. The maximum Gasteiger partial charge on any atom is 0.262 e. The summed E-state index contributed by atoms with van der Waals surface area (Å²) < 4.78 is 47.1. The van der Waals surface area contributed by atoms with Gasteiger partial charge >= 0.3 is 0 Å². The zero-order valence-corrected chi connectivity index (χ0v) is 17.7. The van der Waals surface area contributed by atoms with E-state index < -0.39 is 27.7 Å². The number of nitrogens with one attached hydrogen (secondary N) is 2. The van der Waals surface area contributed by atoms with Gasteiger partial charge in [-0.25, -0.2) is 12.8 Å². The Balaban J connectivity index is 1.54. The van der Waals surface area contributed by atoms with Crippen molar-refractivity contribution in [3.05, 3.63) is 47.8 Å². The van der Waals surface area contributed by atoms with Crippen molar-refractivity contribution in [1.82, 2.24) is 4.31 Å². The first kappa shape index (κ1) is 21.3. The normalized spacial score (nSPS) is 19.2. The molecule has 2 aromatic carbocycles. The summed E-state index contributed by atoms with van der Waals surface area (Å²) >= 11 is 0. The summed E-state index contributed by atoms with van der Waals surface area (Å²) in [6.07, 6.45) is 1.01. The van der Waals surface area contributed by atoms with E-state index in [0.717, 1.165) is 0 Å². The van der Waals surface area contributed by atoms with Crippen LogP contribution in [0.15, 0.2) is 41.3 Å². The standard InChI is InChI=1S/C21H22FN3O5S/c1-13-9-17-18(30-12-20(26)23-17)10-19(13)31(28,29)25-8-4-5-14(11-25)21(27)24-16-7-3-2-6-15(16)22/h2-3,6-7,9-10,14H,4-5,8,11-12H2,1H3,(H,23,26)(H,24,27)/t14-/m1/s1. The van der Waals surface area contributed by atoms with E-state index in [9.17, 15) is 22.4 Å². The summed E-state index contributed by atoms with van der Waals surface area (Å²) in [6, 6.07) is 8.81. The topological polar surface area (TPSA) is 105 Å². The van der Waals surface area contributed by atoms with E-state index in [1.165, 1.54) is 28.6 Å². The van der Waals surface area contributed by atoms with Gasteiger partial charge in [0, 0.05) is 19.2 Å². The molecule has 31 heavy (non-hydrogen) atoms. The van der Waals surface area contributed by atoms with Crippen molar-refractivity contribution in [3.63, 3.8) is 0 Å². The van der Waals surface area contributed by atoms with E-state index in [1.54, 1.807) is 19.1 Å². The van der Waals surface area contributed by atoms with Crippen LogP contribution in [0.2, 0.25) is 0 Å². The maximum atomic E-state index is 13.9. The van der Waals surface area contributed by atoms with Crippen molar-refractivity contribution in [3.8, 4) is 5.75 Å². The van der Waals surface area contributed by atoms with Crippen LogP contribution in [0.1, 0.15) is 18.4 Å². The SMILES string of the molecule is Cc1cc2c(cc1S(=O)(=O)N1CCC[C@@H](C(=O)Nc3ccccc3F)C1)OCC(=O)N2. The van der Waals surface area contributed by atoms with Gasteiger partial charge in [-0.3, -0.25) is 9.59 Å². The Hall–Kier alpha value is -2.98. The zero-order chi connectivity index (χ0) is 22.2. The monoisotopic (exact) mass is 447 g/mol. The number of amides is 2. The number of hydrogen-bond acceptors (Lipinski definition) is 5. The van der Waals surface area contributed by atoms with Gasteiger partial charge in [0.05, 0.1) is 22.2 Å². The summed E-state index contributed by atoms with van der Waals surface area (Å²) in [5.74, 6) is -1.58. The van der Waals surface area contributed by atoms with Gasteiger partial charge in [0.2, 0.25) is 15.9 Å². The van der Waals surface area contributed by atoms with Crippen LogP contribution in [0, 0.1) is 18.7 Å². The molecule has 10 heteroatoms. The van der Waals surface area contributed by atoms with Gasteiger partial charge < -0.3 is 15.4 Å². The van der Waals surface area contributed by atoms with E-state index in [2.05, 4.69) is 10.6 Å². The molecule has 2 aliphatic heterocycles. The molecule has 0 bridgehead atoms. The van der Waals surface area contributed by atoms with Crippen LogP contribution in [0.4, 0.5) is 15.8 Å². The number of sulfonamides is 1. The van der Waals surface area contributed by atoms with E-state index in [-0.39, 0.29) is 41.9 Å². The van der Waals surface area contributed by atoms with Gasteiger partial charge in [0.1, 0.15) is 11.6 Å². The fourth-order valence-electron chi connectivity index (χ4n) is 3.81. The highest BCUT2D eigenvalue weighted by Crippen LogP contribution is 2.35. The molecular formula is C21H22FN3O5S. The molecule has 2 amide bonds. The Kier molecular flexibility index (Phi) is 5.67. The van der Waals surface area contributed by atoms with Crippen LogP contribution < -0.4 is 15.4 Å². The predicted molar refractivity (Wildman–Crippen MR) is 112 cm³/mol. The van der Waals surface area contributed by atoms with Gasteiger partial charge in [-0.15, -0.1) is 0 Å². The highest BCUT2D eigenvalue weighted by Gasteiger charge is 2.35. The molecule has 2 N–H and O–H groups in total. The molecule has 1 saturated heterocycles. The molecule has 1 fully saturated rings. The summed E-state index contributed by atoms with van der Waals surface area (Å²) in [5, 5.41) is 5.21. The van der Waals surface area contributed by atoms with Gasteiger partial charge in [-0.1, -0.05) is 12.1 Å². The number of benzene rings is 2. The molecular weight excluding hydrogens is 425 g/mol. The fourth-order valence-corrected chi connectivity index (χ4v) is 5.55. The van der Waals surface area contributed by atoms with Gasteiger partial charge in [-0.2, -0.15) is 4.31 Å². The zero-order valence-electron chi connectivity index (χ0n) is 16.9. The number of anilines is 2. The molecule has 2 aliphatic rings. The summed E-state index contributed by atoms with van der Waals surface area (Å²) in [4.78, 5) is 24.2. The largest absolute Gasteiger partial charge is 0.482 e. The quantitative estimate of drug-likeness (QED) is 0.749. The molecule has 0 unspecified atom stereocenters. The number of halogens is 1. The number of nitrogens with zero attached hydrogens (tertiary/aromatic N) is 1. The van der Waals surface area contributed by atoms with Crippen LogP contribution in [0.25, 0.3) is 0 Å². The maximum absolute atomic E-state index is 13.9. The van der Waals surface area contributed by atoms with Crippen LogP contribution in [-0.2, 0) is 19.6 Å². The Bertz CT molecular complexity index is 1150. The lowest BCUT2D eigenvalue weighted by Gasteiger charge is -2.32. The van der Waals surface area contributed by atoms with Gasteiger partial charge in [0.25, 0.3) is 5.91 Å². The lowest BCUT2D eigenvalue weighted by Crippen LogP contribution is -2.44. The van der Waals surface area contributed by atoms with Crippen molar-refractivity contribution in [2.75, 3.05) is 30.3 Å². The third kappa shape index (κ3) is 4.26. The van der Waals surface area contributed by atoms with Crippen molar-refractivity contribution in [1.29, 1.82) is 0 Å². The first-order valence-corrected chi connectivity index (χ1v) is 11.3. The third-order valence-electron chi connectivity index (χ3n) is 5.41. The molecule has 1 atom stereocenters. The second-order valence-corrected chi connectivity index (χ2v) is 9.53. The number of ether oxygens (including phenoxy) is 1. The Morgan fingerprint density at radius 1 is 1.29 bits per heavy atom. The molecule has 0 spiro atoms. The highest BCUT2D eigenvalue weighted by molar-refractivity contribution is 7.89. The van der Waals surface area contributed by atoms with E-state index in [4.69, 9.17) is 4.74 Å². The molecule has 2 heterocycles. The van der Waals surface area contributed by atoms with Gasteiger partial charge in [0.15, 0.2) is 6.61 Å². The minimum Gasteiger partial charge on any atom is -0.482 e. The highest BCUT2D eigenvalue weighted by atomic mass is 32.2. The van der Waals surface area contributed by atoms with E-state index >= 15 is 0 Å². The first-order chi connectivity index (χ1) is 14.8. The molecule has 8 nitrogen and oxygen atoms in total. The number of aryl methyl sites for hydroxylation is 1. The minimum atomic E-state index is -3.90. The Morgan fingerprint density at radius 2 is 2.06 bits per heavy atom. The third-order valence-corrected chi connectivity index (χ3v) is 7.42. The molecule has 0 aromatic heterocycles. The molecule has 0 saturated carbocycles. The number of hydrogen-bond donors (Lipinski definition) is 2. The average Bonchev–Trinajstić information content (AvgIpc) is 2.74. The van der Waals surface area contributed by atoms with Crippen LogP contribution in [0.5, 0.6) is 5.75 Å². The van der Waals surface area contributed by atoms with E-state index in [1.807, 2.05) is 0 Å². The summed E-state index contributed by atoms with van der Waals surface area (Å²) in [5.41, 5.74) is 0.952. The number of piperidine rings is 1. The lowest BCUT2D eigenvalue weighted by atomic mass is 9.98. The van der Waals surface area contributed by atoms with Gasteiger partial charge in [-0.05, 0) is 43.5 Å². The molecule has 4 rings (SSSR count). The second-order valence-electron chi connectivity index (χ2n) is 7.62. The fraction of sp³-hybridized carbons (Fsp3) is 0.333. The van der Waals surface area contributed by atoms with Crippen LogP contribution >= 0.6 is 0 Å². The summed E-state index contributed by atoms with van der Waals surface area (Å²) in [6.45, 7) is 1.73.